The molecule has 0 radical (unpaired) electrons. The van der Waals surface area contributed by atoms with Gasteiger partial charge in [-0.15, -0.1) is 0 Å². The van der Waals surface area contributed by atoms with Gasteiger partial charge in [0.05, 0.1) is 0 Å². The van der Waals surface area contributed by atoms with Gasteiger partial charge in [0.2, 0.25) is 0 Å². The summed E-state index contributed by atoms with van der Waals surface area (Å²) < 4.78 is 0. The summed E-state index contributed by atoms with van der Waals surface area (Å²) in [7, 11) is 0. The van der Waals surface area contributed by atoms with Crippen LogP contribution in [0.25, 0.3) is 0 Å². The van der Waals surface area contributed by atoms with Crippen LogP contribution in [0, 0.1) is 0 Å². The highest BCUT2D eigenvalue weighted by atomic mass is 35.5. The molecule has 0 unspecified atom stereocenters. The molecule has 0 aromatic rings. The maximum atomic E-state index is 5.72. The van der Waals surface area contributed by atoms with Crippen LogP contribution in [0.5, 0.6) is 0 Å². The molecule has 0 saturated heterocycles. The van der Waals surface area contributed by atoms with Gasteiger partial charge in [0, 0.05) is 5.03 Å². The molecule has 56 valence electrons. The van der Waals surface area contributed by atoms with E-state index in [1.54, 1.807) is 6.08 Å². The van der Waals surface area contributed by atoms with Gasteiger partial charge in [-0.25, -0.2) is 0 Å². The molecule has 0 aliphatic carbocycles. The van der Waals surface area contributed by atoms with Crippen molar-refractivity contribution in [3.63, 3.8) is 0 Å². The molecule has 10 heavy (non-hydrogen) atoms. The highest BCUT2D eigenvalue weighted by Crippen LogP contribution is 2.09. The van der Waals surface area contributed by atoms with Crippen molar-refractivity contribution in [2.45, 2.75) is 20.3 Å². The Hall–Kier alpha value is -0.490. The Kier molecular flexibility index (Phi) is 5.05. The van der Waals surface area contributed by atoms with Gasteiger partial charge in [0.1, 0.15) is 0 Å². The normalized spacial score (nSPS) is 13.5. The largest absolute Gasteiger partial charge is 0.0976 e. The average Bonchev–Trinajstić information content (AvgIpc) is 1.99. The van der Waals surface area contributed by atoms with Crippen molar-refractivity contribution in [2.24, 2.45) is 0 Å². The van der Waals surface area contributed by atoms with Gasteiger partial charge in [-0.1, -0.05) is 42.8 Å². The Morgan fingerprint density at radius 2 is 2.20 bits per heavy atom. The van der Waals surface area contributed by atoms with Crippen LogP contribution in [0.15, 0.2) is 35.4 Å². The number of hydrogen-bond donors (Lipinski definition) is 0. The van der Waals surface area contributed by atoms with Crippen molar-refractivity contribution in [1.29, 1.82) is 0 Å². The molecule has 0 amide bonds. The van der Waals surface area contributed by atoms with Gasteiger partial charge < -0.3 is 0 Å². The van der Waals surface area contributed by atoms with Gasteiger partial charge in [-0.3, -0.25) is 0 Å². The fourth-order valence-electron chi connectivity index (χ4n) is 0.626. The molecule has 0 aromatic carbocycles. The molecule has 0 nitrogen and oxygen atoms in total. The van der Waals surface area contributed by atoms with Gasteiger partial charge in [-0.05, 0) is 19.4 Å². The third-order valence-corrected chi connectivity index (χ3v) is 1.56. The van der Waals surface area contributed by atoms with Crippen molar-refractivity contribution < 1.29 is 0 Å². The number of halogens is 1. The molecule has 0 fully saturated rings. The van der Waals surface area contributed by atoms with Crippen LogP contribution < -0.4 is 0 Å². The van der Waals surface area contributed by atoms with Crippen LogP contribution in [0.4, 0.5) is 0 Å². The minimum atomic E-state index is 0.704. The van der Waals surface area contributed by atoms with E-state index in [-0.39, 0.29) is 0 Å². The summed E-state index contributed by atoms with van der Waals surface area (Å²) in [6, 6.07) is 0. The molecule has 0 bridgehead atoms. The highest BCUT2D eigenvalue weighted by Gasteiger charge is 1.87. The summed E-state index contributed by atoms with van der Waals surface area (Å²) in [4.78, 5) is 0. The minimum absolute atomic E-state index is 0.704. The first kappa shape index (κ1) is 9.51. The summed E-state index contributed by atoms with van der Waals surface area (Å²) in [5.74, 6) is 0. The third-order valence-electron chi connectivity index (χ3n) is 1.30. The van der Waals surface area contributed by atoms with E-state index in [2.05, 4.69) is 13.5 Å². The zero-order chi connectivity index (χ0) is 7.98. The summed E-state index contributed by atoms with van der Waals surface area (Å²) in [5, 5.41) is 0.704. The molecule has 0 rings (SSSR count). The Balaban J connectivity index is 4.22. The van der Waals surface area contributed by atoms with Crippen molar-refractivity contribution in [3.8, 4) is 0 Å². The lowest BCUT2D eigenvalue weighted by Gasteiger charge is -1.94. The van der Waals surface area contributed by atoms with E-state index < -0.39 is 0 Å². The molecular formula is C9H13Cl. The topological polar surface area (TPSA) is 0 Å². The first-order valence-electron chi connectivity index (χ1n) is 3.39. The fraction of sp³-hybridized carbons (Fsp3) is 0.333. The Morgan fingerprint density at radius 3 is 2.50 bits per heavy atom. The Bertz CT molecular complexity index is 164. The smallest absolute Gasteiger partial charge is 0.0402 e. The summed E-state index contributed by atoms with van der Waals surface area (Å²) in [6.45, 7) is 7.65. The highest BCUT2D eigenvalue weighted by molar-refractivity contribution is 6.31. The predicted molar refractivity (Wildman–Crippen MR) is 48.2 cm³/mol. The maximum Gasteiger partial charge on any atom is 0.0402 e. The van der Waals surface area contributed by atoms with Crippen molar-refractivity contribution in [2.75, 3.05) is 0 Å². The fourth-order valence-corrected chi connectivity index (χ4v) is 0.766. The SMILES string of the molecule is C=C/C(Cl)=C\C(=C/C)CC. The molecule has 0 atom stereocenters. The summed E-state index contributed by atoms with van der Waals surface area (Å²) in [5.41, 5.74) is 1.24. The van der Waals surface area contributed by atoms with Gasteiger partial charge in [0.15, 0.2) is 0 Å². The lowest BCUT2D eigenvalue weighted by Crippen LogP contribution is -1.73. The van der Waals surface area contributed by atoms with Crippen LogP contribution in [0.1, 0.15) is 20.3 Å². The second-order valence-corrected chi connectivity index (χ2v) is 2.39. The number of allylic oxidation sites excluding steroid dienone is 5. The zero-order valence-electron chi connectivity index (χ0n) is 6.52. The predicted octanol–water partition coefficient (Wildman–Crippen LogP) is 3.65. The van der Waals surface area contributed by atoms with Crippen LogP contribution in [0.2, 0.25) is 0 Å². The summed E-state index contributed by atoms with van der Waals surface area (Å²) >= 11 is 5.72. The lowest BCUT2D eigenvalue weighted by molar-refractivity contribution is 1.14. The van der Waals surface area contributed by atoms with Crippen LogP contribution in [-0.4, -0.2) is 0 Å². The number of rotatable bonds is 3. The minimum Gasteiger partial charge on any atom is -0.0976 e. The zero-order valence-corrected chi connectivity index (χ0v) is 7.28. The molecule has 0 spiro atoms. The van der Waals surface area contributed by atoms with Crippen LogP contribution in [-0.2, 0) is 0 Å². The van der Waals surface area contributed by atoms with Gasteiger partial charge in [0.25, 0.3) is 0 Å². The molecule has 0 aliphatic rings. The van der Waals surface area contributed by atoms with E-state index >= 15 is 0 Å². The van der Waals surface area contributed by atoms with E-state index in [1.807, 2.05) is 19.1 Å². The molecule has 0 heterocycles. The maximum absolute atomic E-state index is 5.72. The van der Waals surface area contributed by atoms with E-state index in [4.69, 9.17) is 11.6 Å². The quantitative estimate of drug-likeness (QED) is 0.548. The van der Waals surface area contributed by atoms with E-state index in [9.17, 15) is 0 Å². The second-order valence-electron chi connectivity index (χ2n) is 1.95. The molecule has 0 saturated carbocycles. The first-order chi connectivity index (χ1) is 4.74. The Labute approximate surface area is 67.9 Å². The van der Waals surface area contributed by atoms with Gasteiger partial charge in [-0.2, -0.15) is 0 Å². The summed E-state index contributed by atoms with van der Waals surface area (Å²) in [6.07, 6.45) is 6.63. The second kappa shape index (κ2) is 5.31. The van der Waals surface area contributed by atoms with E-state index in [0.29, 0.717) is 5.03 Å². The first-order valence-corrected chi connectivity index (χ1v) is 3.77. The monoisotopic (exact) mass is 156 g/mol. The van der Waals surface area contributed by atoms with Crippen LogP contribution in [0.3, 0.4) is 0 Å². The van der Waals surface area contributed by atoms with E-state index in [1.165, 1.54) is 5.57 Å². The Morgan fingerprint density at radius 1 is 1.60 bits per heavy atom. The molecule has 1 heteroatoms. The molecule has 0 aromatic heterocycles. The molecule has 0 aliphatic heterocycles. The van der Waals surface area contributed by atoms with Crippen molar-refractivity contribution in [3.05, 3.63) is 35.4 Å². The van der Waals surface area contributed by atoms with E-state index in [0.717, 1.165) is 6.42 Å². The molecule has 0 N–H and O–H groups in total. The third kappa shape index (κ3) is 3.52. The lowest BCUT2D eigenvalue weighted by atomic mass is 10.2. The average molecular weight is 157 g/mol. The van der Waals surface area contributed by atoms with Crippen molar-refractivity contribution in [1.82, 2.24) is 0 Å². The standard InChI is InChI=1S/C9H13Cl/c1-4-8(5-2)7-9(10)6-3/h4,6-7H,3,5H2,1-2H3/b8-4-,9-7+. The van der Waals surface area contributed by atoms with Crippen LogP contribution >= 0.6 is 11.6 Å². The van der Waals surface area contributed by atoms with Crippen molar-refractivity contribution >= 4 is 11.6 Å². The van der Waals surface area contributed by atoms with Gasteiger partial charge >= 0.3 is 0 Å². The number of hydrogen-bond acceptors (Lipinski definition) is 0. The molecular weight excluding hydrogens is 144 g/mol.